The Morgan fingerprint density at radius 1 is 1.17 bits per heavy atom. The van der Waals surface area contributed by atoms with Crippen LogP contribution in [0.5, 0.6) is 0 Å². The average Bonchev–Trinajstić information content (AvgIpc) is 3.02. The molecule has 1 aromatic heterocycles. The molecule has 0 bridgehead atoms. The van der Waals surface area contributed by atoms with Gasteiger partial charge < -0.3 is 9.30 Å². The van der Waals surface area contributed by atoms with Gasteiger partial charge in [0.2, 0.25) is 0 Å². The van der Waals surface area contributed by atoms with Crippen LogP contribution in [0, 0.1) is 0 Å². The number of imidazole rings is 1. The van der Waals surface area contributed by atoms with Crippen molar-refractivity contribution in [3.63, 3.8) is 0 Å². The summed E-state index contributed by atoms with van der Waals surface area (Å²) in [5.41, 5.74) is 1.98. The molecular formula is C19H17ClN2O2. The minimum absolute atomic E-state index is 0.357. The van der Waals surface area contributed by atoms with Crippen LogP contribution in [0.3, 0.4) is 0 Å². The number of hydrogen-bond donors (Lipinski definition) is 0. The standard InChI is InChI=1S/C19H17ClN2O2/c1-14(23)24-18(16-7-9-17(20)10-8-16)19-21-11-12-22(19)13-15-5-3-2-4-6-15/h2-12,18H,13H2,1H3. The molecule has 3 rings (SSSR count). The van der Waals surface area contributed by atoms with Gasteiger partial charge in [-0.05, 0) is 17.7 Å². The first-order valence-electron chi connectivity index (χ1n) is 7.61. The summed E-state index contributed by atoms with van der Waals surface area (Å²) >= 11 is 5.96. The van der Waals surface area contributed by atoms with Gasteiger partial charge in [0.1, 0.15) is 0 Å². The zero-order chi connectivity index (χ0) is 16.9. The Kier molecular flexibility index (Phi) is 4.96. The Labute approximate surface area is 145 Å². The lowest BCUT2D eigenvalue weighted by atomic mass is 10.1. The van der Waals surface area contributed by atoms with Crippen LogP contribution < -0.4 is 0 Å². The highest BCUT2D eigenvalue weighted by atomic mass is 35.5. The fraction of sp³-hybridized carbons (Fsp3) is 0.158. The Hall–Kier alpha value is -2.59. The van der Waals surface area contributed by atoms with E-state index in [1.54, 1.807) is 18.3 Å². The van der Waals surface area contributed by atoms with Crippen molar-refractivity contribution in [1.82, 2.24) is 9.55 Å². The van der Waals surface area contributed by atoms with Crippen molar-refractivity contribution in [2.75, 3.05) is 0 Å². The van der Waals surface area contributed by atoms with Crippen LogP contribution in [-0.4, -0.2) is 15.5 Å². The number of rotatable bonds is 5. The first-order valence-corrected chi connectivity index (χ1v) is 7.99. The van der Waals surface area contributed by atoms with Crippen LogP contribution in [0.25, 0.3) is 0 Å². The maximum Gasteiger partial charge on any atom is 0.303 e. The summed E-state index contributed by atoms with van der Waals surface area (Å²) < 4.78 is 7.52. The van der Waals surface area contributed by atoms with Gasteiger partial charge in [-0.15, -0.1) is 0 Å². The molecule has 0 spiro atoms. The molecule has 1 heterocycles. The highest BCUT2D eigenvalue weighted by Gasteiger charge is 2.22. The van der Waals surface area contributed by atoms with E-state index in [1.807, 2.05) is 53.2 Å². The summed E-state index contributed by atoms with van der Waals surface area (Å²) in [4.78, 5) is 16.0. The molecule has 0 radical (unpaired) electrons. The van der Waals surface area contributed by atoms with Gasteiger partial charge in [0.15, 0.2) is 11.9 Å². The number of hydrogen-bond acceptors (Lipinski definition) is 3. The molecule has 0 aliphatic carbocycles. The van der Waals surface area contributed by atoms with Crippen molar-refractivity contribution in [2.24, 2.45) is 0 Å². The van der Waals surface area contributed by atoms with E-state index >= 15 is 0 Å². The Bertz CT molecular complexity index is 813. The van der Waals surface area contributed by atoms with Crippen LogP contribution in [0.4, 0.5) is 0 Å². The van der Waals surface area contributed by atoms with Crippen molar-refractivity contribution in [3.8, 4) is 0 Å². The van der Waals surface area contributed by atoms with Gasteiger partial charge in [0.05, 0.1) is 0 Å². The summed E-state index contributed by atoms with van der Waals surface area (Å²) in [7, 11) is 0. The predicted molar refractivity (Wildman–Crippen MR) is 92.8 cm³/mol. The number of carbonyl (C=O) groups is 1. The van der Waals surface area contributed by atoms with Crippen molar-refractivity contribution in [2.45, 2.75) is 19.6 Å². The molecule has 4 nitrogen and oxygen atoms in total. The number of carbonyl (C=O) groups excluding carboxylic acids is 1. The van der Waals surface area contributed by atoms with Gasteiger partial charge in [-0.3, -0.25) is 4.79 Å². The van der Waals surface area contributed by atoms with Crippen molar-refractivity contribution in [3.05, 3.63) is 89.0 Å². The van der Waals surface area contributed by atoms with Gasteiger partial charge in [0.25, 0.3) is 0 Å². The molecule has 122 valence electrons. The largest absolute Gasteiger partial charge is 0.449 e. The minimum atomic E-state index is -0.571. The van der Waals surface area contributed by atoms with Gasteiger partial charge in [-0.25, -0.2) is 4.98 Å². The van der Waals surface area contributed by atoms with Crippen LogP contribution >= 0.6 is 11.6 Å². The maximum absolute atomic E-state index is 11.6. The zero-order valence-electron chi connectivity index (χ0n) is 13.2. The Morgan fingerprint density at radius 3 is 2.54 bits per heavy atom. The molecule has 0 saturated carbocycles. The first kappa shape index (κ1) is 16.3. The highest BCUT2D eigenvalue weighted by molar-refractivity contribution is 6.30. The SMILES string of the molecule is CC(=O)OC(c1ccc(Cl)cc1)c1nccn1Cc1ccccc1. The molecule has 0 fully saturated rings. The zero-order valence-corrected chi connectivity index (χ0v) is 14.0. The van der Waals surface area contributed by atoms with Crippen molar-refractivity contribution < 1.29 is 9.53 Å². The van der Waals surface area contributed by atoms with E-state index in [2.05, 4.69) is 4.98 Å². The quantitative estimate of drug-likeness (QED) is 0.653. The monoisotopic (exact) mass is 340 g/mol. The molecule has 2 aromatic carbocycles. The third-order valence-electron chi connectivity index (χ3n) is 3.63. The van der Waals surface area contributed by atoms with Gasteiger partial charge >= 0.3 is 5.97 Å². The molecule has 0 aliphatic heterocycles. The third kappa shape index (κ3) is 3.84. The van der Waals surface area contributed by atoms with E-state index in [0.717, 1.165) is 11.1 Å². The number of nitrogens with zero attached hydrogens (tertiary/aromatic N) is 2. The number of esters is 1. The van der Waals surface area contributed by atoms with E-state index in [1.165, 1.54) is 6.92 Å². The lowest BCUT2D eigenvalue weighted by molar-refractivity contribution is -0.145. The molecule has 5 heteroatoms. The van der Waals surface area contributed by atoms with E-state index in [4.69, 9.17) is 16.3 Å². The topological polar surface area (TPSA) is 44.1 Å². The summed E-state index contributed by atoms with van der Waals surface area (Å²) in [5.74, 6) is 0.320. The van der Waals surface area contributed by atoms with Crippen LogP contribution in [0.1, 0.15) is 30.0 Å². The van der Waals surface area contributed by atoms with E-state index in [9.17, 15) is 4.79 Å². The molecule has 1 atom stereocenters. The summed E-state index contributed by atoms with van der Waals surface area (Å²) in [6.45, 7) is 2.05. The molecule has 1 unspecified atom stereocenters. The molecule has 3 aromatic rings. The van der Waals surface area contributed by atoms with Gasteiger partial charge in [0, 0.05) is 36.4 Å². The van der Waals surface area contributed by atoms with E-state index in [-0.39, 0.29) is 5.97 Å². The summed E-state index contributed by atoms with van der Waals surface area (Å²) in [6.07, 6.45) is 3.03. The minimum Gasteiger partial charge on any atom is -0.449 e. The van der Waals surface area contributed by atoms with Gasteiger partial charge in [-0.2, -0.15) is 0 Å². The van der Waals surface area contributed by atoms with Gasteiger partial charge in [-0.1, -0.05) is 54.1 Å². The molecule has 0 aliphatic rings. The molecular weight excluding hydrogens is 324 g/mol. The molecule has 0 saturated heterocycles. The highest BCUT2D eigenvalue weighted by Crippen LogP contribution is 2.27. The molecule has 0 amide bonds. The average molecular weight is 341 g/mol. The summed E-state index contributed by atoms with van der Waals surface area (Å²) in [5, 5.41) is 0.632. The second-order valence-electron chi connectivity index (χ2n) is 5.44. The number of halogens is 1. The lowest BCUT2D eigenvalue weighted by Crippen LogP contribution is -2.16. The molecule has 0 N–H and O–H groups in total. The second-order valence-corrected chi connectivity index (χ2v) is 5.88. The van der Waals surface area contributed by atoms with E-state index in [0.29, 0.717) is 17.4 Å². The van der Waals surface area contributed by atoms with E-state index < -0.39 is 6.10 Å². The summed E-state index contributed by atoms with van der Waals surface area (Å²) in [6, 6.07) is 17.3. The van der Waals surface area contributed by atoms with Crippen molar-refractivity contribution >= 4 is 17.6 Å². The Morgan fingerprint density at radius 2 is 1.88 bits per heavy atom. The second kappa shape index (κ2) is 7.32. The normalized spacial score (nSPS) is 11.9. The Balaban J connectivity index is 1.95. The van der Waals surface area contributed by atoms with Crippen LogP contribution in [-0.2, 0) is 16.1 Å². The first-order chi connectivity index (χ1) is 11.6. The number of aromatic nitrogens is 2. The smallest absolute Gasteiger partial charge is 0.303 e. The number of benzene rings is 2. The van der Waals surface area contributed by atoms with Crippen LogP contribution in [0.2, 0.25) is 5.02 Å². The van der Waals surface area contributed by atoms with Crippen molar-refractivity contribution in [1.29, 1.82) is 0 Å². The van der Waals surface area contributed by atoms with Crippen LogP contribution in [0.15, 0.2) is 67.0 Å². The lowest BCUT2D eigenvalue weighted by Gasteiger charge is -2.19. The number of ether oxygens (including phenoxy) is 1. The fourth-order valence-corrected chi connectivity index (χ4v) is 2.67. The maximum atomic E-state index is 11.6. The fourth-order valence-electron chi connectivity index (χ4n) is 2.55. The molecule has 24 heavy (non-hydrogen) atoms. The predicted octanol–water partition coefficient (Wildman–Crippen LogP) is 4.24. The third-order valence-corrected chi connectivity index (χ3v) is 3.89.